The van der Waals surface area contributed by atoms with Crippen molar-refractivity contribution < 1.29 is 5.11 Å². The third kappa shape index (κ3) is 41.5. The fourth-order valence-electron chi connectivity index (χ4n) is 14.6. The first kappa shape index (κ1) is 98.1. The molecule has 1 saturated carbocycles. The molecule has 14 rings (SSSR count). The van der Waals surface area contributed by atoms with Gasteiger partial charge in [-0.05, 0) is 249 Å². The molecule has 13 aromatic rings. The maximum Gasteiger partial charge on any atom is 0.115 e. The molecular weight excluding hydrogens is 1410 g/mol. The van der Waals surface area contributed by atoms with E-state index in [0.717, 1.165) is 84.9 Å². The number of para-hydroxylation sites is 1. The van der Waals surface area contributed by atoms with E-state index in [-0.39, 0.29) is 7.43 Å². The van der Waals surface area contributed by atoms with Crippen LogP contribution in [0.2, 0.25) is 0 Å². The van der Waals surface area contributed by atoms with Crippen LogP contribution in [0.5, 0.6) is 5.75 Å². The summed E-state index contributed by atoms with van der Waals surface area (Å²) in [5, 5.41) is 15.9. The second kappa shape index (κ2) is 56.0. The van der Waals surface area contributed by atoms with Crippen LogP contribution in [-0.4, -0.2) is 15.1 Å². The average Bonchev–Trinajstić information content (AvgIpc) is 1.72. The minimum absolute atomic E-state index is 0. The molecule has 117 heavy (non-hydrogen) atoms. The Morgan fingerprint density at radius 2 is 0.692 bits per heavy atom. The molecule has 3 N–H and O–H groups in total. The predicted molar refractivity (Wildman–Crippen MR) is 520 cm³/mol. The zero-order chi connectivity index (χ0) is 83.8. The van der Waals surface area contributed by atoms with Gasteiger partial charge in [0.2, 0.25) is 0 Å². The fourth-order valence-corrected chi connectivity index (χ4v) is 14.6. The van der Waals surface area contributed by atoms with Gasteiger partial charge in [0.1, 0.15) is 5.75 Å². The van der Waals surface area contributed by atoms with Crippen LogP contribution in [0.3, 0.4) is 0 Å². The zero-order valence-electron chi connectivity index (χ0n) is 75.0. The van der Waals surface area contributed by atoms with E-state index in [9.17, 15) is 0 Å². The molecule has 0 amide bonds. The first-order valence-electron chi connectivity index (χ1n) is 44.6. The van der Waals surface area contributed by atoms with E-state index in [4.69, 9.17) is 5.11 Å². The molecule has 0 unspecified atom stereocenters. The molecule has 1 aliphatic carbocycles. The number of aromatic hydroxyl groups is 1. The highest BCUT2D eigenvalue weighted by atomic mass is 16.3. The summed E-state index contributed by atoms with van der Waals surface area (Å²) in [5.41, 5.74) is 17.8. The van der Waals surface area contributed by atoms with E-state index >= 15 is 0 Å². The summed E-state index contributed by atoms with van der Waals surface area (Å²) >= 11 is 0. The maximum atomic E-state index is 9.03. The summed E-state index contributed by atoms with van der Waals surface area (Å²) in [5.74, 6) is 8.35. The second-order valence-corrected chi connectivity index (χ2v) is 36.1. The van der Waals surface area contributed by atoms with Crippen LogP contribution in [0.1, 0.15) is 234 Å². The van der Waals surface area contributed by atoms with E-state index in [2.05, 4.69) is 396 Å². The molecule has 0 saturated heterocycles. The highest BCUT2D eigenvalue weighted by Crippen LogP contribution is 2.30. The van der Waals surface area contributed by atoms with Gasteiger partial charge in [0.25, 0.3) is 0 Å². The number of hydrogen-bond donors (Lipinski definition) is 3. The standard InChI is InChI=1S/C17H20.C16H18.2C14H16.C12H15N.C11H16O.C11H16.C10H20.C8H13N.CH4/c1-14(2)8-9-15-10-12-17(13-11-15)16-6-4-3-5-7-16;1-13(2)12-14-8-10-16(11-9-14)15-6-4-3-5-7-15;1-11(2)10-13-8-5-7-12-6-3-4-9-14(12)13;1-11(2)9-12-7-8-13-5-3-4-6-14(13)10-12;1-9(2)7-10-8-13-12-6-4-3-5-11(10)12;1-9(2)3-4-10-5-7-11(12)8-6-10;1-10(2)8-9-11-6-4-3-5-7-11;1-9(2)8-10-6-4-3-5-7-10;1-7(2)6-8-4-3-5-9-8;/h3-7,10-14H,8-9H2,1-2H3;3-11,13H,12H2,1-2H3;3-9,11H,10H2,1-2H3;3-8,10-11H,9H2,1-2H3;3-6,8-9,13H,7H2,1-2H3;5-9,12H,3-4H2,1-2H3;3-7,10H,8-9H2,1-2H3;9-10H,3-8H2,1-2H3;3-5,7,9H,6H2,1-2H3;1H4. The Morgan fingerprint density at radius 3 is 1.18 bits per heavy atom. The van der Waals surface area contributed by atoms with E-state index in [1.165, 1.54) is 183 Å². The van der Waals surface area contributed by atoms with Gasteiger partial charge in [-0.25, -0.2) is 0 Å². The average molecular weight is 1570 g/mol. The fraction of sp³-hybridized carbons (Fsp3) is 0.404. The van der Waals surface area contributed by atoms with Crippen LogP contribution in [0.25, 0.3) is 54.7 Å². The molecule has 1 aliphatic rings. The highest BCUT2D eigenvalue weighted by molar-refractivity contribution is 5.86. The van der Waals surface area contributed by atoms with Gasteiger partial charge in [-0.2, -0.15) is 0 Å². The van der Waals surface area contributed by atoms with E-state index in [1.807, 2.05) is 24.4 Å². The summed E-state index contributed by atoms with van der Waals surface area (Å²) in [6.07, 6.45) is 26.2. The lowest BCUT2D eigenvalue weighted by Gasteiger charge is -2.22. The minimum atomic E-state index is 0. The number of phenols is 1. The van der Waals surface area contributed by atoms with Crippen molar-refractivity contribution in [3.05, 3.63) is 342 Å². The van der Waals surface area contributed by atoms with Crippen molar-refractivity contribution in [3.63, 3.8) is 0 Å². The number of H-pyrrole nitrogens is 2. The SMILES string of the molecule is C.CC(C)CC1CCCCC1.CC(C)CCc1ccc(-c2ccccc2)cc1.CC(C)CCc1ccc(O)cc1.CC(C)CCc1ccccc1.CC(C)Cc1c[nH]c2ccccc12.CC(C)Cc1ccc(-c2ccccc2)cc1.CC(C)Cc1ccc2ccccc2c1.CC(C)Cc1ccc[nH]1.CC(C)Cc1cccc2ccccc12. The number of rotatable bonds is 23. The van der Waals surface area contributed by atoms with Crippen molar-refractivity contribution in [2.24, 2.45) is 59.2 Å². The Morgan fingerprint density at radius 1 is 0.291 bits per heavy atom. The molecule has 0 aliphatic heterocycles. The number of nitrogens with one attached hydrogen (secondary N) is 2. The highest BCUT2D eigenvalue weighted by Gasteiger charge is 2.14. The van der Waals surface area contributed by atoms with Gasteiger partial charge in [0.05, 0.1) is 0 Å². The second-order valence-electron chi connectivity index (χ2n) is 36.1. The van der Waals surface area contributed by atoms with Gasteiger partial charge in [0.15, 0.2) is 0 Å². The van der Waals surface area contributed by atoms with Crippen molar-refractivity contribution in [1.82, 2.24) is 9.97 Å². The van der Waals surface area contributed by atoms with E-state index in [1.54, 1.807) is 12.1 Å². The predicted octanol–water partition coefficient (Wildman–Crippen LogP) is 33.7. The third-order valence-electron chi connectivity index (χ3n) is 20.7. The molecule has 3 heteroatoms. The molecule has 0 bridgehead atoms. The number of fused-ring (bicyclic) bond motifs is 3. The molecule has 2 aromatic heterocycles. The van der Waals surface area contributed by atoms with Gasteiger partial charge >= 0.3 is 0 Å². The van der Waals surface area contributed by atoms with E-state index in [0.29, 0.717) is 5.75 Å². The Hall–Kier alpha value is -9.44. The largest absolute Gasteiger partial charge is 0.508 e. The zero-order valence-corrected chi connectivity index (χ0v) is 75.0. The lowest BCUT2D eigenvalue weighted by Crippen LogP contribution is -2.08. The number of aromatic amines is 2. The monoisotopic (exact) mass is 1570 g/mol. The van der Waals surface area contributed by atoms with Crippen LogP contribution in [-0.2, 0) is 51.4 Å². The van der Waals surface area contributed by atoms with Gasteiger partial charge in [-0.15, -0.1) is 0 Å². The Labute approximate surface area is 713 Å². The summed E-state index contributed by atoms with van der Waals surface area (Å²) in [4.78, 5) is 6.46. The van der Waals surface area contributed by atoms with Crippen molar-refractivity contribution in [2.45, 2.75) is 241 Å². The molecule has 0 radical (unpaired) electrons. The molecule has 0 atom stereocenters. The lowest BCUT2D eigenvalue weighted by molar-refractivity contribution is 0.305. The van der Waals surface area contributed by atoms with Crippen LogP contribution in [0, 0.1) is 59.2 Å². The number of phenolic OH excluding ortho intramolecular Hbond substituents is 1. The smallest absolute Gasteiger partial charge is 0.115 e. The number of aryl methyl sites for hydroxylation is 3. The van der Waals surface area contributed by atoms with Crippen LogP contribution in [0.15, 0.2) is 298 Å². The molecule has 626 valence electrons. The number of benzene rings is 11. The third-order valence-corrected chi connectivity index (χ3v) is 20.7. The van der Waals surface area contributed by atoms with Crippen molar-refractivity contribution in [3.8, 4) is 28.0 Å². The van der Waals surface area contributed by atoms with Crippen molar-refractivity contribution in [2.75, 3.05) is 0 Å². The van der Waals surface area contributed by atoms with Crippen LogP contribution in [0.4, 0.5) is 0 Å². The van der Waals surface area contributed by atoms with E-state index < -0.39 is 0 Å². The number of aromatic nitrogens is 2. The summed E-state index contributed by atoms with van der Waals surface area (Å²) in [7, 11) is 0. The number of hydrogen-bond acceptors (Lipinski definition) is 1. The Bertz CT molecular complexity index is 4580. The lowest BCUT2D eigenvalue weighted by atomic mass is 9.84. The molecule has 2 heterocycles. The van der Waals surface area contributed by atoms with Gasteiger partial charge in [0, 0.05) is 29.0 Å². The molecule has 3 nitrogen and oxygen atoms in total. The van der Waals surface area contributed by atoms with Gasteiger partial charge in [-0.3, -0.25) is 0 Å². The minimum Gasteiger partial charge on any atom is -0.508 e. The van der Waals surface area contributed by atoms with Gasteiger partial charge in [-0.1, -0.05) is 419 Å². The first-order chi connectivity index (χ1) is 55.8. The maximum absolute atomic E-state index is 9.03. The van der Waals surface area contributed by atoms with Gasteiger partial charge < -0.3 is 15.1 Å². The van der Waals surface area contributed by atoms with Crippen molar-refractivity contribution in [1.29, 1.82) is 0 Å². The first-order valence-corrected chi connectivity index (χ1v) is 44.6. The van der Waals surface area contributed by atoms with Crippen LogP contribution >= 0.6 is 0 Å². The van der Waals surface area contributed by atoms with Crippen molar-refractivity contribution >= 4 is 32.4 Å². The van der Waals surface area contributed by atoms with Crippen LogP contribution < -0.4 is 0 Å². The molecule has 0 spiro atoms. The normalized spacial score (nSPS) is 11.7. The molecule has 1 fully saturated rings. The Balaban J connectivity index is 0.000000236. The summed E-state index contributed by atoms with van der Waals surface area (Å²) in [6.45, 7) is 40.7. The quantitative estimate of drug-likeness (QED) is 0.0587. The molecular formula is C114H154N2O. The summed E-state index contributed by atoms with van der Waals surface area (Å²) in [6, 6.07) is 100. The Kier molecular flexibility index (Phi) is 47.0. The summed E-state index contributed by atoms with van der Waals surface area (Å²) < 4.78 is 0. The topological polar surface area (TPSA) is 51.8 Å². The molecule has 11 aromatic carbocycles.